The Morgan fingerprint density at radius 2 is 1.31 bits per heavy atom. The molecule has 9 amide bonds. The Balaban J connectivity index is 2.09. The molecule has 1 aliphatic rings. The third kappa shape index (κ3) is 16.5. The number of nitrogens with zero attached hydrogens (tertiary/aromatic N) is 1. The van der Waals surface area contributed by atoms with Crippen molar-refractivity contribution in [2.75, 3.05) is 18.1 Å². The molecule has 3 rings (SSSR count). The number of phenolic OH excluding ortho intramolecular Hbond substituents is 1. The number of nitrogens with one attached hydrogen (secondary N) is 5. The van der Waals surface area contributed by atoms with E-state index < -0.39 is 127 Å². The molecule has 1 fully saturated rings. The number of primary amides is 3. The number of amides is 9. The number of carbonyl (C=O) groups excluding carboxylic acids is 9. The van der Waals surface area contributed by atoms with E-state index in [9.17, 15) is 52.6 Å². The van der Waals surface area contributed by atoms with Crippen LogP contribution in [0.25, 0.3) is 0 Å². The molecule has 0 aliphatic carbocycles. The average Bonchev–Trinajstić information content (AvgIpc) is 3.21. The highest BCUT2D eigenvalue weighted by atomic mass is 33.1. The highest BCUT2D eigenvalue weighted by molar-refractivity contribution is 8.76. The first-order chi connectivity index (χ1) is 29.3. The summed E-state index contributed by atoms with van der Waals surface area (Å²) < 4.78 is 13.7. The summed E-state index contributed by atoms with van der Waals surface area (Å²) in [5, 5.41) is 22.4. The van der Waals surface area contributed by atoms with E-state index in [1.807, 2.05) is 0 Å². The molecule has 2 aromatic carbocycles. The highest BCUT2D eigenvalue weighted by Crippen LogP contribution is 2.24. The van der Waals surface area contributed by atoms with Gasteiger partial charge in [0.05, 0.1) is 19.0 Å². The first-order valence-electron chi connectivity index (χ1n) is 19.5. The minimum Gasteiger partial charge on any atom is -0.508 e. The Labute approximate surface area is 364 Å². The summed E-state index contributed by atoms with van der Waals surface area (Å²) in [6.07, 6.45) is -1.38. The first kappa shape index (κ1) is 50.4. The molecule has 0 spiro atoms. The highest BCUT2D eigenvalue weighted by Gasteiger charge is 2.36. The summed E-state index contributed by atoms with van der Waals surface area (Å²) in [6.45, 7) is 2.50. The van der Waals surface area contributed by atoms with E-state index in [1.54, 1.807) is 13.8 Å². The minimum atomic E-state index is -1.75. The quantitative estimate of drug-likeness (QED) is 0.0912. The molecule has 1 aliphatic heterocycles. The van der Waals surface area contributed by atoms with Crippen molar-refractivity contribution in [3.05, 3.63) is 65.5 Å². The average molecular weight is 905 g/mol. The molecule has 1 saturated heterocycles. The molecule has 2 aromatic rings. The predicted molar refractivity (Wildman–Crippen MR) is 227 cm³/mol. The van der Waals surface area contributed by atoms with Gasteiger partial charge in [0.2, 0.25) is 53.2 Å². The zero-order chi connectivity index (χ0) is 46.1. The summed E-state index contributed by atoms with van der Waals surface area (Å²) in [5.41, 5.74) is 23.5. The predicted octanol–water partition coefficient (Wildman–Crippen LogP) is -2.08. The Hall–Kier alpha value is -5.94. The smallest absolute Gasteiger partial charge is 0.246 e. The second-order valence-corrected chi connectivity index (χ2v) is 17.2. The van der Waals surface area contributed by atoms with E-state index in [0.29, 0.717) is 17.5 Å². The van der Waals surface area contributed by atoms with Gasteiger partial charge in [0.15, 0.2) is 0 Å². The third-order valence-corrected chi connectivity index (χ3v) is 12.1. The summed E-state index contributed by atoms with van der Waals surface area (Å²) in [4.78, 5) is 121. The molecule has 14 N–H and O–H groups in total. The molecule has 0 bridgehead atoms. The van der Waals surface area contributed by atoms with Crippen LogP contribution in [0, 0.1) is 11.7 Å². The molecule has 338 valence electrons. The van der Waals surface area contributed by atoms with Gasteiger partial charge in [0, 0.05) is 30.9 Å². The van der Waals surface area contributed by atoms with Gasteiger partial charge in [-0.1, -0.05) is 66.1 Å². The third-order valence-electron chi connectivity index (χ3n) is 9.62. The van der Waals surface area contributed by atoms with Gasteiger partial charge in [0.1, 0.15) is 41.8 Å². The number of halogens is 1. The normalized spacial score (nSPS) is 22.7. The van der Waals surface area contributed by atoms with Crippen molar-refractivity contribution >= 4 is 74.8 Å². The maximum absolute atomic E-state index is 14.1. The number of hydrogen-bond donors (Lipinski definition) is 10. The number of carbonyl (C=O) groups is 9. The van der Waals surface area contributed by atoms with Crippen LogP contribution in [0.1, 0.15) is 50.7 Å². The SMILES string of the molecule is CC[C@H](C)[C@@H]1NC(=O)[C@H](Cc2ccc(O)cc2)NC(=O)[C@@H](N)CSSC[C@@H](C(=O)N(CC(N)=O)Cc2ccc(F)cc2)NC(=O)[C@H](CC(N)=O)NC(=O)[C@H](CCC(N)=O)NC1=O. The van der Waals surface area contributed by atoms with Crippen molar-refractivity contribution in [2.45, 2.75) is 88.7 Å². The molecular formula is C39H53FN10O10S2. The number of aromatic hydroxyl groups is 1. The lowest BCUT2D eigenvalue weighted by atomic mass is 9.96. The van der Waals surface area contributed by atoms with E-state index in [0.717, 1.165) is 38.6 Å². The van der Waals surface area contributed by atoms with Crippen molar-refractivity contribution in [3.63, 3.8) is 0 Å². The second kappa shape index (κ2) is 24.5. The van der Waals surface area contributed by atoms with Crippen molar-refractivity contribution in [1.29, 1.82) is 0 Å². The van der Waals surface area contributed by atoms with Gasteiger partial charge < -0.3 is 59.5 Å². The molecule has 62 heavy (non-hydrogen) atoms. The van der Waals surface area contributed by atoms with E-state index in [4.69, 9.17) is 22.9 Å². The standard InChI is InChI=1S/C39H53FN10O10S2/c1-3-20(2)33-38(59)45-26(12-13-30(42)52)35(56)47-28(15-31(43)53)36(57)48-29(39(60)50(17-32(44)54)16-22-4-8-23(40)9-5-22)19-62-61-18-25(41)34(55)46-27(37(58)49-33)14-21-6-10-24(51)11-7-21/h4-11,20,25-29,33,51H,3,12-19,41H2,1-2H3,(H2,42,52)(H2,43,53)(H2,44,54)(H,45,59)(H,46,55)(H,47,56)(H,48,57)(H,49,58)/t20-,25-,26-,27-,28-,29-,33-/m0/s1. The zero-order valence-electron chi connectivity index (χ0n) is 34.1. The van der Waals surface area contributed by atoms with E-state index in [1.165, 1.54) is 36.4 Å². The zero-order valence-corrected chi connectivity index (χ0v) is 35.7. The van der Waals surface area contributed by atoms with Crippen molar-refractivity contribution in [2.24, 2.45) is 28.9 Å². The number of benzene rings is 2. The van der Waals surface area contributed by atoms with Gasteiger partial charge in [-0.15, -0.1) is 0 Å². The van der Waals surface area contributed by atoms with Crippen LogP contribution in [-0.2, 0) is 56.1 Å². The summed E-state index contributed by atoms with van der Waals surface area (Å²) in [7, 11) is 2.00. The minimum absolute atomic E-state index is 0.0451. The molecule has 0 unspecified atom stereocenters. The number of nitrogens with two attached hydrogens (primary N) is 4. The van der Waals surface area contributed by atoms with Gasteiger partial charge in [-0.3, -0.25) is 43.2 Å². The largest absolute Gasteiger partial charge is 0.508 e. The number of phenols is 1. The molecule has 0 radical (unpaired) electrons. The van der Waals surface area contributed by atoms with Gasteiger partial charge in [0.25, 0.3) is 0 Å². The van der Waals surface area contributed by atoms with Gasteiger partial charge >= 0.3 is 0 Å². The van der Waals surface area contributed by atoms with Crippen LogP contribution in [0.5, 0.6) is 5.75 Å². The second-order valence-electron chi connectivity index (χ2n) is 14.6. The lowest BCUT2D eigenvalue weighted by Gasteiger charge is -2.30. The maximum Gasteiger partial charge on any atom is 0.246 e. The van der Waals surface area contributed by atoms with Crippen LogP contribution >= 0.6 is 21.6 Å². The van der Waals surface area contributed by atoms with Crippen molar-refractivity contribution in [1.82, 2.24) is 31.5 Å². The summed E-state index contributed by atoms with van der Waals surface area (Å²) in [6, 6.07) is 2.16. The Bertz CT molecular complexity index is 1950. The number of hydrogen-bond acceptors (Lipinski definition) is 13. The molecule has 0 saturated carbocycles. The Kier molecular flexibility index (Phi) is 19.9. The topological polar surface area (TPSA) is 341 Å². The van der Waals surface area contributed by atoms with Crippen LogP contribution in [0.15, 0.2) is 48.5 Å². The maximum atomic E-state index is 14.1. The monoisotopic (exact) mass is 904 g/mol. The fourth-order valence-corrected chi connectivity index (χ4v) is 8.28. The van der Waals surface area contributed by atoms with Crippen LogP contribution in [0.2, 0.25) is 0 Å². The molecular weight excluding hydrogens is 852 g/mol. The Morgan fingerprint density at radius 3 is 1.90 bits per heavy atom. The Morgan fingerprint density at radius 1 is 0.742 bits per heavy atom. The fraction of sp³-hybridized carbons (Fsp3) is 0.462. The lowest BCUT2D eigenvalue weighted by Crippen LogP contribution is -2.61. The summed E-state index contributed by atoms with van der Waals surface area (Å²) in [5.74, 6) is -9.78. The van der Waals surface area contributed by atoms with Crippen LogP contribution < -0.4 is 49.5 Å². The van der Waals surface area contributed by atoms with Gasteiger partial charge in [-0.2, -0.15) is 0 Å². The van der Waals surface area contributed by atoms with Crippen LogP contribution in [-0.4, -0.2) is 117 Å². The van der Waals surface area contributed by atoms with E-state index >= 15 is 0 Å². The van der Waals surface area contributed by atoms with E-state index in [-0.39, 0.29) is 30.2 Å². The first-order valence-corrected chi connectivity index (χ1v) is 21.9. The molecule has 23 heteroatoms. The van der Waals surface area contributed by atoms with Crippen molar-refractivity contribution in [3.8, 4) is 5.75 Å². The lowest BCUT2D eigenvalue weighted by molar-refractivity contribution is -0.140. The molecule has 1 heterocycles. The molecule has 0 aromatic heterocycles. The van der Waals surface area contributed by atoms with Gasteiger partial charge in [-0.05, 0) is 47.7 Å². The fourth-order valence-electron chi connectivity index (χ4n) is 6.00. The van der Waals surface area contributed by atoms with Crippen molar-refractivity contribution < 1.29 is 52.6 Å². The molecule has 7 atom stereocenters. The number of rotatable bonds is 14. The summed E-state index contributed by atoms with van der Waals surface area (Å²) >= 11 is 0. The van der Waals surface area contributed by atoms with E-state index in [2.05, 4.69) is 26.6 Å². The molecule has 20 nitrogen and oxygen atoms in total. The van der Waals surface area contributed by atoms with Crippen LogP contribution in [0.3, 0.4) is 0 Å². The van der Waals surface area contributed by atoms with Crippen LogP contribution in [0.4, 0.5) is 4.39 Å². The van der Waals surface area contributed by atoms with Gasteiger partial charge in [-0.25, -0.2) is 4.39 Å².